The summed E-state index contributed by atoms with van der Waals surface area (Å²) in [5.41, 5.74) is 7.61. The van der Waals surface area contributed by atoms with Crippen LogP contribution < -0.4 is 5.73 Å². The Kier molecular flexibility index (Phi) is 3.95. The molecule has 0 atom stereocenters. The normalized spacial score (nSPS) is 10.8. The first-order valence-corrected chi connectivity index (χ1v) is 5.92. The zero-order valence-corrected chi connectivity index (χ0v) is 10.4. The Balaban J connectivity index is 2.03. The minimum Gasteiger partial charge on any atom is -0.396 e. The topological polar surface area (TPSA) is 29.3 Å². The van der Waals surface area contributed by atoms with Crippen LogP contribution in [0.5, 0.6) is 0 Å². The van der Waals surface area contributed by atoms with Gasteiger partial charge in [0.15, 0.2) is 5.82 Å². The Hall–Kier alpha value is -1.87. The summed E-state index contributed by atoms with van der Waals surface area (Å²) in [5, 5.41) is 0. The molecule has 0 aromatic heterocycles. The van der Waals surface area contributed by atoms with E-state index in [1.54, 1.807) is 18.2 Å². The van der Waals surface area contributed by atoms with Crippen molar-refractivity contribution in [2.75, 3.05) is 12.8 Å². The summed E-state index contributed by atoms with van der Waals surface area (Å²) in [6.07, 6.45) is 0. The monoisotopic (exact) mass is 244 g/mol. The van der Waals surface area contributed by atoms with Gasteiger partial charge in [0.2, 0.25) is 0 Å². The highest BCUT2D eigenvalue weighted by atomic mass is 19.1. The summed E-state index contributed by atoms with van der Waals surface area (Å²) in [4.78, 5) is 2.06. The Bertz CT molecular complexity index is 511. The lowest BCUT2D eigenvalue weighted by Crippen LogP contribution is -2.18. The number of anilines is 1. The van der Waals surface area contributed by atoms with Crippen molar-refractivity contribution < 1.29 is 4.39 Å². The molecule has 0 aliphatic carbocycles. The Morgan fingerprint density at radius 2 is 1.72 bits per heavy atom. The van der Waals surface area contributed by atoms with E-state index in [2.05, 4.69) is 17.0 Å². The van der Waals surface area contributed by atoms with Crippen molar-refractivity contribution in [3.05, 3.63) is 65.5 Å². The van der Waals surface area contributed by atoms with Crippen LogP contribution in [0.3, 0.4) is 0 Å². The Labute approximate surface area is 107 Å². The molecule has 2 N–H and O–H groups in total. The van der Waals surface area contributed by atoms with E-state index >= 15 is 0 Å². The van der Waals surface area contributed by atoms with Gasteiger partial charge in [0, 0.05) is 18.7 Å². The second-order valence-corrected chi connectivity index (χ2v) is 4.48. The molecule has 0 saturated heterocycles. The van der Waals surface area contributed by atoms with Crippen molar-refractivity contribution in [3.63, 3.8) is 0 Å². The SMILES string of the molecule is CN(Cc1ccccc1)Cc1cccc(N)c1F. The van der Waals surface area contributed by atoms with Gasteiger partial charge in [0.25, 0.3) is 0 Å². The molecular formula is C15H17FN2. The molecule has 0 aliphatic heterocycles. The summed E-state index contributed by atoms with van der Waals surface area (Å²) in [7, 11) is 1.97. The van der Waals surface area contributed by atoms with Gasteiger partial charge in [-0.2, -0.15) is 0 Å². The van der Waals surface area contributed by atoms with E-state index in [9.17, 15) is 4.39 Å². The molecule has 18 heavy (non-hydrogen) atoms. The molecule has 0 saturated carbocycles. The standard InChI is InChI=1S/C15H17FN2/c1-18(10-12-6-3-2-4-7-12)11-13-8-5-9-14(17)15(13)16/h2-9H,10-11,17H2,1H3. The fourth-order valence-electron chi connectivity index (χ4n) is 1.96. The van der Waals surface area contributed by atoms with Gasteiger partial charge >= 0.3 is 0 Å². The van der Waals surface area contributed by atoms with Crippen LogP contribution in [0.2, 0.25) is 0 Å². The van der Waals surface area contributed by atoms with E-state index in [1.807, 2.05) is 25.2 Å². The molecule has 94 valence electrons. The molecule has 0 unspecified atom stereocenters. The first kappa shape index (κ1) is 12.6. The van der Waals surface area contributed by atoms with Crippen LogP contribution in [0.25, 0.3) is 0 Å². The highest BCUT2D eigenvalue weighted by Crippen LogP contribution is 2.16. The average molecular weight is 244 g/mol. The maximum absolute atomic E-state index is 13.7. The number of nitrogens with two attached hydrogens (primary N) is 1. The zero-order valence-electron chi connectivity index (χ0n) is 10.4. The maximum Gasteiger partial charge on any atom is 0.150 e. The molecule has 2 rings (SSSR count). The van der Waals surface area contributed by atoms with Gasteiger partial charge in [0.05, 0.1) is 5.69 Å². The lowest BCUT2D eigenvalue weighted by molar-refractivity contribution is 0.314. The van der Waals surface area contributed by atoms with Crippen LogP contribution in [0.1, 0.15) is 11.1 Å². The van der Waals surface area contributed by atoms with E-state index in [0.29, 0.717) is 12.1 Å². The smallest absolute Gasteiger partial charge is 0.150 e. The maximum atomic E-state index is 13.7. The third-order valence-corrected chi connectivity index (χ3v) is 2.84. The number of hydrogen-bond donors (Lipinski definition) is 1. The highest BCUT2D eigenvalue weighted by molar-refractivity contribution is 5.42. The molecule has 2 nitrogen and oxygen atoms in total. The molecule has 0 fully saturated rings. The average Bonchev–Trinajstić information content (AvgIpc) is 2.36. The predicted molar refractivity (Wildman–Crippen MR) is 72.4 cm³/mol. The van der Waals surface area contributed by atoms with Crippen molar-refractivity contribution in [3.8, 4) is 0 Å². The van der Waals surface area contributed by atoms with Crippen LogP contribution in [0.4, 0.5) is 10.1 Å². The van der Waals surface area contributed by atoms with Gasteiger partial charge < -0.3 is 5.73 Å². The van der Waals surface area contributed by atoms with E-state index in [1.165, 1.54) is 5.56 Å². The largest absolute Gasteiger partial charge is 0.396 e. The van der Waals surface area contributed by atoms with Crippen LogP contribution in [0, 0.1) is 5.82 Å². The number of rotatable bonds is 4. The molecule has 0 spiro atoms. The lowest BCUT2D eigenvalue weighted by atomic mass is 10.1. The van der Waals surface area contributed by atoms with Gasteiger partial charge in [0.1, 0.15) is 0 Å². The van der Waals surface area contributed by atoms with Crippen LogP contribution in [-0.2, 0) is 13.1 Å². The minimum absolute atomic E-state index is 0.209. The van der Waals surface area contributed by atoms with Crippen LogP contribution in [0.15, 0.2) is 48.5 Å². The van der Waals surface area contributed by atoms with E-state index < -0.39 is 0 Å². The second-order valence-electron chi connectivity index (χ2n) is 4.48. The van der Waals surface area contributed by atoms with Gasteiger partial charge in [-0.15, -0.1) is 0 Å². The predicted octanol–water partition coefficient (Wildman–Crippen LogP) is 3.04. The summed E-state index contributed by atoms with van der Waals surface area (Å²) >= 11 is 0. The zero-order chi connectivity index (χ0) is 13.0. The minimum atomic E-state index is -0.308. The first-order valence-electron chi connectivity index (χ1n) is 5.92. The molecule has 0 amide bonds. The Morgan fingerprint density at radius 3 is 2.44 bits per heavy atom. The van der Waals surface area contributed by atoms with Crippen molar-refractivity contribution in [2.45, 2.75) is 13.1 Å². The summed E-state index contributed by atoms with van der Waals surface area (Å²) in [6, 6.07) is 15.3. The molecule has 2 aromatic carbocycles. The van der Waals surface area contributed by atoms with Gasteiger partial charge in [-0.25, -0.2) is 4.39 Å². The van der Waals surface area contributed by atoms with Gasteiger partial charge in [-0.05, 0) is 18.7 Å². The van der Waals surface area contributed by atoms with E-state index in [0.717, 1.165) is 6.54 Å². The quantitative estimate of drug-likeness (QED) is 0.838. The molecule has 2 aromatic rings. The molecule has 0 radical (unpaired) electrons. The number of nitrogen functional groups attached to an aromatic ring is 1. The molecule has 0 aliphatic rings. The lowest BCUT2D eigenvalue weighted by Gasteiger charge is -2.17. The third-order valence-electron chi connectivity index (χ3n) is 2.84. The second kappa shape index (κ2) is 5.65. The number of benzene rings is 2. The number of hydrogen-bond acceptors (Lipinski definition) is 2. The van der Waals surface area contributed by atoms with Crippen molar-refractivity contribution >= 4 is 5.69 Å². The van der Waals surface area contributed by atoms with Crippen molar-refractivity contribution in [1.82, 2.24) is 4.90 Å². The first-order chi connectivity index (χ1) is 8.66. The van der Waals surface area contributed by atoms with Gasteiger partial charge in [-0.3, -0.25) is 4.90 Å². The number of halogens is 1. The van der Waals surface area contributed by atoms with E-state index in [-0.39, 0.29) is 11.5 Å². The fourth-order valence-corrected chi connectivity index (χ4v) is 1.96. The van der Waals surface area contributed by atoms with Gasteiger partial charge in [-0.1, -0.05) is 42.5 Å². The highest BCUT2D eigenvalue weighted by Gasteiger charge is 2.08. The molecule has 0 bridgehead atoms. The third kappa shape index (κ3) is 3.08. The van der Waals surface area contributed by atoms with Crippen molar-refractivity contribution in [1.29, 1.82) is 0 Å². The summed E-state index contributed by atoms with van der Waals surface area (Å²) in [6.45, 7) is 1.33. The number of nitrogens with zero attached hydrogens (tertiary/aromatic N) is 1. The Morgan fingerprint density at radius 1 is 1.00 bits per heavy atom. The fraction of sp³-hybridized carbons (Fsp3) is 0.200. The summed E-state index contributed by atoms with van der Waals surface area (Å²) < 4.78 is 13.7. The van der Waals surface area contributed by atoms with Crippen LogP contribution >= 0.6 is 0 Å². The molecule has 3 heteroatoms. The van der Waals surface area contributed by atoms with Crippen molar-refractivity contribution in [2.24, 2.45) is 0 Å². The van der Waals surface area contributed by atoms with E-state index in [4.69, 9.17) is 5.73 Å². The van der Waals surface area contributed by atoms with Crippen LogP contribution in [-0.4, -0.2) is 11.9 Å². The molecule has 0 heterocycles. The molecular weight excluding hydrogens is 227 g/mol. The summed E-state index contributed by atoms with van der Waals surface area (Å²) in [5.74, 6) is -0.308.